The fourth-order valence-corrected chi connectivity index (χ4v) is 4.31. The summed E-state index contributed by atoms with van der Waals surface area (Å²) < 4.78 is 5.84. The molecule has 0 saturated heterocycles. The van der Waals surface area contributed by atoms with E-state index in [1.807, 2.05) is 43.3 Å². The molecule has 0 aliphatic rings. The molecule has 0 fully saturated rings. The molecule has 168 valence electrons. The maximum atomic E-state index is 13.0. The number of carbonyl (C=O) groups is 1. The molecule has 4 nitrogen and oxygen atoms in total. The number of anilines is 1. The Morgan fingerprint density at radius 2 is 1.85 bits per heavy atom. The Balaban J connectivity index is 1.39. The third-order valence-corrected chi connectivity index (χ3v) is 6.03. The largest absolute Gasteiger partial charge is 0.487 e. The summed E-state index contributed by atoms with van der Waals surface area (Å²) in [4.78, 5) is 17.5. The number of ketones is 1. The number of nitrogen functional groups attached to an aromatic ring is 1. The number of carbonyl (C=O) groups excluding carboxylic acids is 1. The number of benzene rings is 3. The number of halogens is 2. The lowest BCUT2D eigenvalue weighted by Gasteiger charge is -2.12. The number of fused-ring (bicyclic) bond motifs is 1. The highest BCUT2D eigenvalue weighted by molar-refractivity contribution is 6.35. The third-order valence-electron chi connectivity index (χ3n) is 5.50. The smallest absolute Gasteiger partial charge is 0.163 e. The predicted octanol–water partition coefficient (Wildman–Crippen LogP) is 7.22. The minimum atomic E-state index is 0.0917. The van der Waals surface area contributed by atoms with Crippen LogP contribution in [0.4, 0.5) is 5.69 Å². The Morgan fingerprint density at radius 1 is 1.03 bits per heavy atom. The molecule has 0 radical (unpaired) electrons. The zero-order chi connectivity index (χ0) is 23.4. The van der Waals surface area contributed by atoms with Crippen LogP contribution in [0.1, 0.15) is 40.0 Å². The van der Waals surface area contributed by atoms with E-state index in [4.69, 9.17) is 33.7 Å². The van der Waals surface area contributed by atoms with E-state index < -0.39 is 0 Å². The second kappa shape index (κ2) is 10.2. The number of aryl methyl sites for hydroxylation is 2. The molecular weight excluding hydrogens is 455 g/mol. The Hall–Kier alpha value is -3.08. The van der Waals surface area contributed by atoms with Crippen molar-refractivity contribution in [1.29, 1.82) is 0 Å². The summed E-state index contributed by atoms with van der Waals surface area (Å²) in [7, 11) is 0. The molecule has 2 N–H and O–H groups in total. The lowest BCUT2D eigenvalue weighted by Crippen LogP contribution is -2.07. The van der Waals surface area contributed by atoms with Gasteiger partial charge in [0, 0.05) is 39.3 Å². The van der Waals surface area contributed by atoms with Gasteiger partial charge in [-0.1, -0.05) is 53.5 Å². The number of rotatable bonds is 8. The topological polar surface area (TPSA) is 65.2 Å². The Bertz CT molecular complexity index is 1320. The molecule has 0 aliphatic carbocycles. The van der Waals surface area contributed by atoms with Crippen molar-refractivity contribution < 1.29 is 9.53 Å². The molecule has 4 aromatic rings. The summed E-state index contributed by atoms with van der Waals surface area (Å²) in [5.41, 5.74) is 11.3. The van der Waals surface area contributed by atoms with Crippen LogP contribution in [0.5, 0.6) is 5.75 Å². The van der Waals surface area contributed by atoms with Crippen LogP contribution in [0.2, 0.25) is 10.0 Å². The summed E-state index contributed by atoms with van der Waals surface area (Å²) in [5, 5.41) is 1.93. The van der Waals surface area contributed by atoms with Gasteiger partial charge >= 0.3 is 0 Å². The molecule has 1 heterocycles. The molecule has 0 bridgehead atoms. The van der Waals surface area contributed by atoms with Crippen molar-refractivity contribution >= 4 is 45.6 Å². The van der Waals surface area contributed by atoms with Gasteiger partial charge in [-0.15, -0.1) is 0 Å². The molecule has 6 heteroatoms. The predicted molar refractivity (Wildman–Crippen MR) is 135 cm³/mol. The molecule has 4 rings (SSSR count). The Kier molecular flexibility index (Phi) is 7.17. The van der Waals surface area contributed by atoms with Crippen molar-refractivity contribution in [3.63, 3.8) is 0 Å². The molecule has 0 atom stereocenters. The number of ether oxygens (including phenoxy) is 1. The van der Waals surface area contributed by atoms with Gasteiger partial charge in [-0.3, -0.25) is 9.78 Å². The quantitative estimate of drug-likeness (QED) is 0.271. The first-order chi connectivity index (χ1) is 15.9. The fourth-order valence-electron chi connectivity index (χ4n) is 3.85. The second-order valence-corrected chi connectivity index (χ2v) is 8.85. The van der Waals surface area contributed by atoms with Crippen LogP contribution in [0.3, 0.4) is 0 Å². The van der Waals surface area contributed by atoms with E-state index in [-0.39, 0.29) is 12.4 Å². The average Bonchev–Trinajstić information content (AvgIpc) is 2.79. The van der Waals surface area contributed by atoms with Crippen molar-refractivity contribution in [1.82, 2.24) is 4.98 Å². The molecule has 1 aromatic heterocycles. The van der Waals surface area contributed by atoms with Crippen LogP contribution in [0.25, 0.3) is 10.9 Å². The van der Waals surface area contributed by atoms with Crippen molar-refractivity contribution in [2.45, 2.75) is 32.8 Å². The first-order valence-corrected chi connectivity index (χ1v) is 11.5. The summed E-state index contributed by atoms with van der Waals surface area (Å²) in [6.07, 6.45) is 1.97. The number of pyridine rings is 1. The van der Waals surface area contributed by atoms with Gasteiger partial charge < -0.3 is 10.5 Å². The van der Waals surface area contributed by atoms with E-state index in [0.29, 0.717) is 27.8 Å². The standard InChI is InChI=1S/C27H24Cl2N2O2/c1-17-13-24(30)22-14-18(9-11-25(22)31-17)5-4-8-26(32)21-7-3-2-6-19(21)16-33-27-12-10-20(28)15-23(27)29/h2-3,6-7,9-15H,4-5,8,16H2,1H3,(H2,30,31). The molecule has 0 spiro atoms. The maximum absolute atomic E-state index is 13.0. The van der Waals surface area contributed by atoms with Gasteiger partial charge in [-0.05, 0) is 61.7 Å². The van der Waals surface area contributed by atoms with Gasteiger partial charge in [0.15, 0.2) is 5.78 Å². The molecule has 3 aromatic carbocycles. The number of nitrogens with two attached hydrogens (primary N) is 1. The van der Waals surface area contributed by atoms with Crippen LogP contribution in [-0.2, 0) is 13.0 Å². The van der Waals surface area contributed by atoms with Crippen LogP contribution in [-0.4, -0.2) is 10.8 Å². The van der Waals surface area contributed by atoms with Gasteiger partial charge in [0.25, 0.3) is 0 Å². The van der Waals surface area contributed by atoms with Gasteiger partial charge in [-0.25, -0.2) is 0 Å². The minimum absolute atomic E-state index is 0.0917. The summed E-state index contributed by atoms with van der Waals surface area (Å²) in [5.74, 6) is 0.623. The van der Waals surface area contributed by atoms with Crippen LogP contribution < -0.4 is 10.5 Å². The van der Waals surface area contributed by atoms with Gasteiger partial charge in [-0.2, -0.15) is 0 Å². The lowest BCUT2D eigenvalue weighted by molar-refractivity contribution is 0.0977. The highest BCUT2D eigenvalue weighted by atomic mass is 35.5. The SMILES string of the molecule is Cc1cc(N)c2cc(CCCC(=O)c3ccccc3COc3ccc(Cl)cc3Cl)ccc2n1. The minimum Gasteiger partial charge on any atom is -0.487 e. The van der Waals surface area contributed by atoms with E-state index in [0.717, 1.165) is 46.3 Å². The first-order valence-electron chi connectivity index (χ1n) is 10.8. The normalized spacial score (nSPS) is 11.0. The zero-order valence-electron chi connectivity index (χ0n) is 18.3. The molecule has 0 unspecified atom stereocenters. The van der Waals surface area contributed by atoms with Crippen molar-refractivity contribution in [2.75, 3.05) is 5.73 Å². The monoisotopic (exact) mass is 478 g/mol. The summed E-state index contributed by atoms with van der Waals surface area (Å²) in [6.45, 7) is 2.18. The molecule has 0 saturated carbocycles. The molecule has 33 heavy (non-hydrogen) atoms. The number of hydrogen-bond acceptors (Lipinski definition) is 4. The molecule has 0 aliphatic heterocycles. The van der Waals surface area contributed by atoms with Crippen LogP contribution in [0, 0.1) is 6.92 Å². The fraction of sp³-hybridized carbons (Fsp3) is 0.185. The van der Waals surface area contributed by atoms with E-state index in [1.165, 1.54) is 0 Å². The van der Waals surface area contributed by atoms with E-state index in [9.17, 15) is 4.79 Å². The van der Waals surface area contributed by atoms with E-state index in [1.54, 1.807) is 18.2 Å². The number of aromatic nitrogens is 1. The number of Topliss-reactive ketones (excluding diaryl/α,β-unsaturated/α-hetero) is 1. The maximum Gasteiger partial charge on any atom is 0.163 e. The Labute approximate surface area is 203 Å². The average molecular weight is 479 g/mol. The second-order valence-electron chi connectivity index (χ2n) is 8.00. The summed E-state index contributed by atoms with van der Waals surface area (Å²) in [6, 6.07) is 20.6. The van der Waals surface area contributed by atoms with Gasteiger partial charge in [0.2, 0.25) is 0 Å². The van der Waals surface area contributed by atoms with Gasteiger partial charge in [0.1, 0.15) is 12.4 Å². The van der Waals surface area contributed by atoms with Gasteiger partial charge in [0.05, 0.1) is 10.5 Å². The highest BCUT2D eigenvalue weighted by Crippen LogP contribution is 2.29. The third kappa shape index (κ3) is 5.65. The molecule has 0 amide bonds. The summed E-state index contributed by atoms with van der Waals surface area (Å²) >= 11 is 12.1. The van der Waals surface area contributed by atoms with E-state index in [2.05, 4.69) is 17.1 Å². The zero-order valence-corrected chi connectivity index (χ0v) is 19.8. The lowest BCUT2D eigenvalue weighted by atomic mass is 9.98. The van der Waals surface area contributed by atoms with Crippen LogP contribution >= 0.6 is 23.2 Å². The van der Waals surface area contributed by atoms with Crippen molar-refractivity contribution in [2.24, 2.45) is 0 Å². The first kappa shape index (κ1) is 23.1. The number of hydrogen-bond donors (Lipinski definition) is 1. The number of nitrogens with zero attached hydrogens (tertiary/aromatic N) is 1. The van der Waals surface area contributed by atoms with Crippen LogP contribution in [0.15, 0.2) is 66.7 Å². The highest BCUT2D eigenvalue weighted by Gasteiger charge is 2.13. The van der Waals surface area contributed by atoms with Crippen molar-refractivity contribution in [3.8, 4) is 5.75 Å². The van der Waals surface area contributed by atoms with E-state index >= 15 is 0 Å². The Morgan fingerprint density at radius 3 is 2.67 bits per heavy atom. The molecular formula is C27H24Cl2N2O2. The van der Waals surface area contributed by atoms with Crippen molar-refractivity contribution in [3.05, 3.63) is 99.2 Å².